The molecule has 0 aliphatic heterocycles. The van der Waals surface area contributed by atoms with Crippen LogP contribution in [0.5, 0.6) is 0 Å². The molecule has 27 heavy (non-hydrogen) atoms. The summed E-state index contributed by atoms with van der Waals surface area (Å²) in [5.74, 6) is -0.729. The zero-order valence-electron chi connectivity index (χ0n) is 14.2. The average molecular weight is 383 g/mol. The number of non-ortho nitro benzene ring substituents is 1. The van der Waals surface area contributed by atoms with Crippen LogP contribution in [0.25, 0.3) is 17.3 Å². The summed E-state index contributed by atoms with van der Waals surface area (Å²) in [6, 6.07) is 11.9. The van der Waals surface area contributed by atoms with Crippen molar-refractivity contribution in [1.29, 1.82) is 0 Å². The minimum absolute atomic E-state index is 0.0444. The van der Waals surface area contributed by atoms with Crippen molar-refractivity contribution < 1.29 is 14.1 Å². The Kier molecular flexibility index (Phi) is 5.37. The molecule has 6 nitrogen and oxygen atoms in total. The van der Waals surface area contributed by atoms with Crippen molar-refractivity contribution in [1.82, 2.24) is 4.98 Å². The molecule has 0 bridgehead atoms. The average Bonchev–Trinajstić information content (AvgIpc) is 3.01. The number of carbonyl (C=O) groups is 1. The lowest BCUT2D eigenvalue weighted by atomic mass is 10.1. The van der Waals surface area contributed by atoms with E-state index in [0.29, 0.717) is 16.4 Å². The van der Waals surface area contributed by atoms with Gasteiger partial charge in [0.1, 0.15) is 5.82 Å². The Morgan fingerprint density at radius 1 is 1.26 bits per heavy atom. The molecule has 2 aromatic carbocycles. The van der Waals surface area contributed by atoms with Gasteiger partial charge < -0.3 is 0 Å². The molecule has 0 saturated heterocycles. The molecule has 0 radical (unpaired) electrons. The summed E-state index contributed by atoms with van der Waals surface area (Å²) in [5, 5.41) is 13.9. The number of hydrogen-bond acceptors (Lipinski definition) is 5. The van der Waals surface area contributed by atoms with Crippen LogP contribution < -0.4 is 5.32 Å². The highest BCUT2D eigenvalue weighted by molar-refractivity contribution is 7.16. The molecule has 1 aromatic heterocycles. The molecule has 136 valence electrons. The second-order valence-electron chi connectivity index (χ2n) is 5.61. The van der Waals surface area contributed by atoms with E-state index in [0.717, 1.165) is 10.4 Å². The van der Waals surface area contributed by atoms with Crippen LogP contribution in [-0.2, 0) is 4.79 Å². The van der Waals surface area contributed by atoms with Gasteiger partial charge in [0.15, 0.2) is 5.13 Å². The number of rotatable bonds is 5. The highest BCUT2D eigenvalue weighted by Crippen LogP contribution is 2.30. The Bertz CT molecular complexity index is 1030. The van der Waals surface area contributed by atoms with Crippen LogP contribution in [0.4, 0.5) is 15.2 Å². The van der Waals surface area contributed by atoms with Gasteiger partial charge in [-0.3, -0.25) is 20.2 Å². The molecule has 0 unspecified atom stereocenters. The summed E-state index contributed by atoms with van der Waals surface area (Å²) in [5.41, 5.74) is 1.94. The van der Waals surface area contributed by atoms with E-state index in [-0.39, 0.29) is 11.5 Å². The number of halogens is 1. The molecule has 3 aromatic rings. The maximum absolute atomic E-state index is 13.1. The SMILES string of the molecule is Cc1sc(NC(=O)/C=C/c2cccc([N+](=O)[O-])c2)nc1-c1ccc(F)cc1. The van der Waals surface area contributed by atoms with E-state index in [2.05, 4.69) is 10.3 Å². The highest BCUT2D eigenvalue weighted by atomic mass is 32.1. The van der Waals surface area contributed by atoms with Gasteiger partial charge in [0.25, 0.3) is 5.69 Å². The van der Waals surface area contributed by atoms with Gasteiger partial charge in [-0.15, -0.1) is 11.3 Å². The fourth-order valence-corrected chi connectivity index (χ4v) is 3.23. The number of aryl methyl sites for hydroxylation is 1. The Morgan fingerprint density at radius 3 is 2.70 bits per heavy atom. The summed E-state index contributed by atoms with van der Waals surface area (Å²) >= 11 is 1.31. The Morgan fingerprint density at radius 2 is 2.00 bits per heavy atom. The molecule has 0 fully saturated rings. The molecule has 3 rings (SSSR count). The number of hydrogen-bond donors (Lipinski definition) is 1. The Hall–Kier alpha value is -3.39. The molecular weight excluding hydrogens is 369 g/mol. The van der Waals surface area contributed by atoms with Crippen molar-refractivity contribution in [2.45, 2.75) is 6.92 Å². The molecule has 0 atom stereocenters. The minimum Gasteiger partial charge on any atom is -0.298 e. The normalized spacial score (nSPS) is 10.9. The third kappa shape index (κ3) is 4.62. The van der Waals surface area contributed by atoms with E-state index in [1.165, 1.54) is 47.8 Å². The Labute approximate surface area is 158 Å². The maximum atomic E-state index is 13.1. The molecule has 0 saturated carbocycles. The van der Waals surface area contributed by atoms with Gasteiger partial charge in [0.2, 0.25) is 5.91 Å². The number of anilines is 1. The summed E-state index contributed by atoms with van der Waals surface area (Å²) in [7, 11) is 0. The van der Waals surface area contributed by atoms with Crippen LogP contribution in [0.15, 0.2) is 54.6 Å². The van der Waals surface area contributed by atoms with Gasteiger partial charge in [-0.25, -0.2) is 9.37 Å². The van der Waals surface area contributed by atoms with Gasteiger partial charge in [-0.05, 0) is 42.8 Å². The summed E-state index contributed by atoms with van der Waals surface area (Å²) in [6.45, 7) is 1.87. The van der Waals surface area contributed by atoms with Crippen LogP contribution in [-0.4, -0.2) is 15.8 Å². The van der Waals surface area contributed by atoms with Crippen LogP contribution in [0, 0.1) is 22.9 Å². The molecular formula is C19H14FN3O3S. The van der Waals surface area contributed by atoms with Crippen LogP contribution in [0.2, 0.25) is 0 Å². The van der Waals surface area contributed by atoms with Crippen molar-refractivity contribution in [3.8, 4) is 11.3 Å². The predicted molar refractivity (Wildman–Crippen MR) is 103 cm³/mol. The lowest BCUT2D eigenvalue weighted by Crippen LogP contribution is -2.07. The van der Waals surface area contributed by atoms with E-state index in [9.17, 15) is 19.3 Å². The predicted octanol–water partition coefficient (Wildman–Crippen LogP) is 4.82. The number of benzene rings is 2. The molecule has 8 heteroatoms. The van der Waals surface area contributed by atoms with E-state index in [1.54, 1.807) is 24.3 Å². The lowest BCUT2D eigenvalue weighted by molar-refractivity contribution is -0.384. The zero-order valence-corrected chi connectivity index (χ0v) is 15.0. The standard InChI is InChI=1S/C19H14FN3O3S/c1-12-18(14-6-8-15(20)9-7-14)22-19(27-12)21-17(24)10-5-13-3-2-4-16(11-13)23(25)26/h2-11H,1H3,(H,21,22,24)/b10-5+. The maximum Gasteiger partial charge on any atom is 0.270 e. The van der Waals surface area contributed by atoms with E-state index in [4.69, 9.17) is 0 Å². The molecule has 1 N–H and O–H groups in total. The largest absolute Gasteiger partial charge is 0.298 e. The molecule has 0 aliphatic rings. The van der Waals surface area contributed by atoms with E-state index >= 15 is 0 Å². The number of nitrogens with one attached hydrogen (secondary N) is 1. The van der Waals surface area contributed by atoms with Gasteiger partial charge in [0, 0.05) is 28.6 Å². The second kappa shape index (κ2) is 7.88. The topological polar surface area (TPSA) is 85.1 Å². The number of aromatic nitrogens is 1. The van der Waals surface area contributed by atoms with Crippen LogP contribution >= 0.6 is 11.3 Å². The summed E-state index contributed by atoms with van der Waals surface area (Å²) < 4.78 is 13.1. The second-order valence-corrected chi connectivity index (χ2v) is 6.81. The van der Waals surface area contributed by atoms with E-state index < -0.39 is 10.8 Å². The van der Waals surface area contributed by atoms with Gasteiger partial charge in [0.05, 0.1) is 10.6 Å². The van der Waals surface area contributed by atoms with Gasteiger partial charge >= 0.3 is 0 Å². The number of amides is 1. The number of nitro benzene ring substituents is 1. The lowest BCUT2D eigenvalue weighted by Gasteiger charge is -1.98. The van der Waals surface area contributed by atoms with Crippen molar-refractivity contribution in [3.05, 3.63) is 81.0 Å². The van der Waals surface area contributed by atoms with Gasteiger partial charge in [-0.2, -0.15) is 0 Å². The highest BCUT2D eigenvalue weighted by Gasteiger charge is 2.11. The smallest absolute Gasteiger partial charge is 0.270 e. The van der Waals surface area contributed by atoms with Crippen molar-refractivity contribution in [3.63, 3.8) is 0 Å². The van der Waals surface area contributed by atoms with Crippen molar-refractivity contribution in [2.75, 3.05) is 5.32 Å². The molecule has 0 aliphatic carbocycles. The number of nitrogens with zero attached hydrogens (tertiary/aromatic N) is 2. The quantitative estimate of drug-likeness (QED) is 0.389. The van der Waals surface area contributed by atoms with Gasteiger partial charge in [-0.1, -0.05) is 12.1 Å². The monoisotopic (exact) mass is 383 g/mol. The first-order valence-electron chi connectivity index (χ1n) is 7.89. The van der Waals surface area contributed by atoms with Crippen molar-refractivity contribution >= 4 is 34.1 Å². The number of nitro groups is 1. The summed E-state index contributed by atoms with van der Waals surface area (Å²) in [6.07, 6.45) is 2.77. The zero-order chi connectivity index (χ0) is 19.4. The first-order chi connectivity index (χ1) is 12.9. The van der Waals surface area contributed by atoms with Crippen LogP contribution in [0.3, 0.4) is 0 Å². The molecule has 1 amide bonds. The van der Waals surface area contributed by atoms with E-state index in [1.807, 2.05) is 6.92 Å². The summed E-state index contributed by atoms with van der Waals surface area (Å²) in [4.78, 5) is 27.6. The first-order valence-corrected chi connectivity index (χ1v) is 8.71. The first kappa shape index (κ1) is 18.4. The third-order valence-electron chi connectivity index (χ3n) is 3.65. The third-order valence-corrected chi connectivity index (χ3v) is 4.54. The minimum atomic E-state index is -0.493. The number of carbonyl (C=O) groups excluding carboxylic acids is 1. The molecule has 1 heterocycles. The van der Waals surface area contributed by atoms with Crippen molar-refractivity contribution in [2.24, 2.45) is 0 Å². The number of thiazole rings is 1. The fourth-order valence-electron chi connectivity index (χ4n) is 2.39. The fraction of sp³-hybridized carbons (Fsp3) is 0.0526. The Balaban J connectivity index is 1.71. The van der Waals surface area contributed by atoms with Crippen LogP contribution in [0.1, 0.15) is 10.4 Å². The molecule has 0 spiro atoms.